The Morgan fingerprint density at radius 2 is 2.47 bits per heavy atom. The van der Waals surface area contributed by atoms with Gasteiger partial charge in [0.05, 0.1) is 18.1 Å². The number of carbonyl (C=O) groups excluding carboxylic acids is 1. The third kappa shape index (κ3) is 1.79. The Bertz CT molecular complexity index is 411. The minimum atomic E-state index is -0.176. The highest BCUT2D eigenvalue weighted by Crippen LogP contribution is 2.50. The number of thiophene rings is 1. The number of hydrogen-bond acceptors (Lipinski definition) is 3. The summed E-state index contributed by atoms with van der Waals surface area (Å²) < 4.78 is 5.19. The molecule has 3 rings (SSSR count). The molecule has 1 unspecified atom stereocenters. The topological polar surface area (TPSA) is 29.5 Å². The maximum atomic E-state index is 12.5. The van der Waals surface area contributed by atoms with Crippen molar-refractivity contribution in [2.75, 3.05) is 20.3 Å². The van der Waals surface area contributed by atoms with Gasteiger partial charge in [-0.2, -0.15) is 0 Å². The lowest BCUT2D eigenvalue weighted by atomic mass is 9.96. The fourth-order valence-electron chi connectivity index (χ4n) is 2.56. The summed E-state index contributed by atoms with van der Waals surface area (Å²) in [6.07, 6.45) is 3.09. The van der Waals surface area contributed by atoms with Gasteiger partial charge in [-0.15, -0.1) is 11.3 Å². The lowest BCUT2D eigenvalue weighted by Gasteiger charge is -2.42. The largest absolute Gasteiger partial charge is 0.384 e. The summed E-state index contributed by atoms with van der Waals surface area (Å²) in [4.78, 5) is 15.8. The lowest BCUT2D eigenvalue weighted by Crippen LogP contribution is -2.49. The van der Waals surface area contributed by atoms with Gasteiger partial charge in [-0.05, 0) is 30.7 Å². The van der Waals surface area contributed by atoms with Gasteiger partial charge in [0.1, 0.15) is 0 Å². The van der Waals surface area contributed by atoms with E-state index in [0.29, 0.717) is 18.6 Å². The predicted octanol–water partition coefficient (Wildman–Crippen LogP) is 2.45. The van der Waals surface area contributed by atoms with E-state index in [9.17, 15) is 4.79 Å². The second-order valence-corrected chi connectivity index (χ2v) is 6.01. The number of ether oxygens (including phenoxy) is 1. The first-order chi connectivity index (χ1) is 8.27. The zero-order chi connectivity index (χ0) is 11.9. The van der Waals surface area contributed by atoms with E-state index in [2.05, 4.69) is 17.5 Å². The smallest absolute Gasteiger partial charge is 0.231 e. The quantitative estimate of drug-likeness (QED) is 0.822. The van der Waals surface area contributed by atoms with Crippen molar-refractivity contribution >= 4 is 17.2 Å². The predicted molar refractivity (Wildman–Crippen MR) is 66.9 cm³/mol. The van der Waals surface area contributed by atoms with E-state index >= 15 is 0 Å². The molecular weight excluding hydrogens is 234 g/mol. The Hall–Kier alpha value is -0.870. The second-order valence-electron chi connectivity index (χ2n) is 5.03. The van der Waals surface area contributed by atoms with Gasteiger partial charge in [0, 0.05) is 18.5 Å². The zero-order valence-electron chi connectivity index (χ0n) is 10.0. The number of likely N-dealkylation sites (tertiary alicyclic amines) is 1. The van der Waals surface area contributed by atoms with Crippen molar-refractivity contribution < 1.29 is 9.53 Å². The maximum Gasteiger partial charge on any atom is 0.231 e. The van der Waals surface area contributed by atoms with Crippen LogP contribution < -0.4 is 0 Å². The average Bonchev–Trinajstić information content (AvgIpc) is 2.86. The van der Waals surface area contributed by atoms with Gasteiger partial charge in [0.25, 0.3) is 0 Å². The molecule has 1 aliphatic heterocycles. The fourth-order valence-corrected chi connectivity index (χ4v) is 3.43. The Labute approximate surface area is 105 Å². The molecule has 1 amide bonds. The van der Waals surface area contributed by atoms with Crippen molar-refractivity contribution in [1.29, 1.82) is 0 Å². The highest BCUT2D eigenvalue weighted by Gasteiger charge is 2.54. The van der Waals surface area contributed by atoms with Crippen LogP contribution in [0.25, 0.3) is 0 Å². The first-order valence-electron chi connectivity index (χ1n) is 6.10. The van der Waals surface area contributed by atoms with Crippen molar-refractivity contribution in [2.24, 2.45) is 5.41 Å². The summed E-state index contributed by atoms with van der Waals surface area (Å²) in [5.74, 6) is 0.309. The minimum Gasteiger partial charge on any atom is -0.384 e. The molecule has 2 aliphatic rings. The van der Waals surface area contributed by atoms with Crippen molar-refractivity contribution in [2.45, 2.75) is 25.3 Å². The molecule has 1 atom stereocenters. The summed E-state index contributed by atoms with van der Waals surface area (Å²) in [5, 5.41) is 2.08. The molecule has 3 nitrogen and oxygen atoms in total. The van der Waals surface area contributed by atoms with Gasteiger partial charge in [-0.25, -0.2) is 0 Å². The van der Waals surface area contributed by atoms with Crippen molar-refractivity contribution in [3.63, 3.8) is 0 Å². The SMILES string of the molecule is COCC1(C(=O)N2CCC2c2cccs2)CC1. The van der Waals surface area contributed by atoms with Crippen LogP contribution in [0.1, 0.15) is 30.2 Å². The van der Waals surface area contributed by atoms with Gasteiger partial charge in [0.2, 0.25) is 5.91 Å². The van der Waals surface area contributed by atoms with Crippen LogP contribution >= 0.6 is 11.3 Å². The van der Waals surface area contributed by atoms with Crippen LogP contribution in [0.4, 0.5) is 0 Å². The molecular formula is C13H17NO2S. The van der Waals surface area contributed by atoms with E-state index in [1.807, 2.05) is 4.90 Å². The normalized spacial score (nSPS) is 25.5. The van der Waals surface area contributed by atoms with Crippen molar-refractivity contribution in [1.82, 2.24) is 4.90 Å². The molecule has 17 heavy (non-hydrogen) atoms. The van der Waals surface area contributed by atoms with Crippen LogP contribution in [0.3, 0.4) is 0 Å². The van der Waals surface area contributed by atoms with Crippen LogP contribution in [-0.4, -0.2) is 31.1 Å². The highest BCUT2D eigenvalue weighted by atomic mass is 32.1. The summed E-state index contributed by atoms with van der Waals surface area (Å²) >= 11 is 1.75. The van der Waals surface area contributed by atoms with Crippen LogP contribution in [-0.2, 0) is 9.53 Å². The van der Waals surface area contributed by atoms with E-state index in [0.717, 1.165) is 25.8 Å². The summed E-state index contributed by atoms with van der Waals surface area (Å²) in [7, 11) is 1.68. The molecule has 1 saturated heterocycles. The molecule has 0 bridgehead atoms. The Balaban J connectivity index is 1.71. The molecule has 0 N–H and O–H groups in total. The number of hydrogen-bond donors (Lipinski definition) is 0. The van der Waals surface area contributed by atoms with Gasteiger partial charge in [-0.1, -0.05) is 6.07 Å². The van der Waals surface area contributed by atoms with E-state index in [1.54, 1.807) is 18.4 Å². The molecule has 2 heterocycles. The molecule has 0 radical (unpaired) electrons. The zero-order valence-corrected chi connectivity index (χ0v) is 10.8. The molecule has 2 fully saturated rings. The Morgan fingerprint density at radius 3 is 2.94 bits per heavy atom. The number of rotatable bonds is 4. The van der Waals surface area contributed by atoms with E-state index in [4.69, 9.17) is 4.74 Å². The summed E-state index contributed by atoms with van der Waals surface area (Å²) in [6.45, 7) is 1.49. The molecule has 4 heteroatoms. The van der Waals surface area contributed by atoms with Gasteiger partial charge in [-0.3, -0.25) is 4.79 Å². The second kappa shape index (κ2) is 4.10. The molecule has 1 aromatic heterocycles. The minimum absolute atomic E-state index is 0.176. The van der Waals surface area contributed by atoms with Crippen LogP contribution in [0, 0.1) is 5.41 Å². The van der Waals surface area contributed by atoms with Gasteiger partial charge >= 0.3 is 0 Å². The van der Waals surface area contributed by atoms with Gasteiger partial charge in [0.15, 0.2) is 0 Å². The summed E-state index contributed by atoms with van der Waals surface area (Å²) in [5.41, 5.74) is -0.176. The first kappa shape index (κ1) is 11.2. The Kier molecular flexibility index (Phi) is 2.71. The molecule has 1 aliphatic carbocycles. The molecule has 0 aromatic carbocycles. The van der Waals surface area contributed by atoms with Crippen LogP contribution in [0.5, 0.6) is 0 Å². The van der Waals surface area contributed by atoms with E-state index < -0.39 is 0 Å². The Morgan fingerprint density at radius 1 is 1.65 bits per heavy atom. The third-order valence-electron chi connectivity index (χ3n) is 3.88. The number of amides is 1. The van der Waals surface area contributed by atoms with Crippen molar-refractivity contribution in [3.8, 4) is 0 Å². The average molecular weight is 251 g/mol. The van der Waals surface area contributed by atoms with E-state index in [-0.39, 0.29) is 5.41 Å². The molecule has 92 valence electrons. The lowest BCUT2D eigenvalue weighted by molar-refractivity contribution is -0.147. The van der Waals surface area contributed by atoms with Crippen LogP contribution in [0.2, 0.25) is 0 Å². The van der Waals surface area contributed by atoms with Gasteiger partial charge < -0.3 is 9.64 Å². The molecule has 1 saturated carbocycles. The maximum absolute atomic E-state index is 12.5. The number of nitrogens with zero attached hydrogens (tertiary/aromatic N) is 1. The number of methoxy groups -OCH3 is 1. The van der Waals surface area contributed by atoms with E-state index in [1.165, 1.54) is 4.88 Å². The highest BCUT2D eigenvalue weighted by molar-refractivity contribution is 7.10. The fraction of sp³-hybridized carbons (Fsp3) is 0.615. The standard InChI is InChI=1S/C13H17NO2S/c1-16-9-13(5-6-13)12(15)14-7-4-10(14)11-3-2-8-17-11/h2-3,8,10H,4-7,9H2,1H3. The third-order valence-corrected chi connectivity index (χ3v) is 4.85. The van der Waals surface area contributed by atoms with Crippen molar-refractivity contribution in [3.05, 3.63) is 22.4 Å². The monoisotopic (exact) mass is 251 g/mol. The van der Waals surface area contributed by atoms with Crippen LogP contribution in [0.15, 0.2) is 17.5 Å². The number of carbonyl (C=O) groups is 1. The first-order valence-corrected chi connectivity index (χ1v) is 6.98. The molecule has 1 aromatic rings. The molecule has 0 spiro atoms. The summed E-state index contributed by atoms with van der Waals surface area (Å²) in [6, 6.07) is 4.52.